The van der Waals surface area contributed by atoms with Crippen LogP contribution in [0.3, 0.4) is 0 Å². The molecule has 0 bridgehead atoms. The van der Waals surface area contributed by atoms with Gasteiger partial charge in [0.05, 0.1) is 6.61 Å². The van der Waals surface area contributed by atoms with Crippen molar-refractivity contribution in [3.05, 3.63) is 59.7 Å². The summed E-state index contributed by atoms with van der Waals surface area (Å²) in [5.41, 5.74) is 5.83. The van der Waals surface area contributed by atoms with Gasteiger partial charge >= 0.3 is 0 Å². The van der Waals surface area contributed by atoms with E-state index in [2.05, 4.69) is 48.5 Å². The topological polar surface area (TPSA) is 9.23 Å². The zero-order chi connectivity index (χ0) is 11.9. The molecule has 1 saturated heterocycles. The van der Waals surface area contributed by atoms with Crippen LogP contribution in [0.4, 0.5) is 0 Å². The molecule has 1 heterocycles. The fourth-order valence-corrected chi connectivity index (χ4v) is 3.52. The first-order valence-corrected chi connectivity index (χ1v) is 6.71. The highest BCUT2D eigenvalue weighted by Crippen LogP contribution is 2.49. The molecule has 4 rings (SSSR count). The summed E-state index contributed by atoms with van der Waals surface area (Å²) in [7, 11) is 0. The smallest absolute Gasteiger partial charge is 0.0504 e. The third kappa shape index (κ3) is 1.37. The predicted octanol–water partition coefficient (Wildman–Crippen LogP) is 3.84. The minimum atomic E-state index is 0.542. The third-order valence-corrected chi connectivity index (χ3v) is 4.32. The van der Waals surface area contributed by atoms with Crippen LogP contribution in [0.25, 0.3) is 11.1 Å². The second-order valence-electron chi connectivity index (χ2n) is 5.28. The Labute approximate surface area is 107 Å². The molecule has 0 radical (unpaired) electrons. The van der Waals surface area contributed by atoms with E-state index in [0.29, 0.717) is 11.8 Å². The van der Waals surface area contributed by atoms with E-state index in [9.17, 15) is 0 Å². The lowest BCUT2D eigenvalue weighted by Gasteiger charge is -2.19. The van der Waals surface area contributed by atoms with Gasteiger partial charge in [0.15, 0.2) is 0 Å². The molecule has 0 aromatic heterocycles. The van der Waals surface area contributed by atoms with Crippen molar-refractivity contribution in [3.8, 4) is 11.1 Å². The number of hydrogen-bond donors (Lipinski definition) is 0. The fourth-order valence-electron chi connectivity index (χ4n) is 3.52. The Morgan fingerprint density at radius 3 is 2.00 bits per heavy atom. The Hall–Kier alpha value is -1.60. The van der Waals surface area contributed by atoms with Crippen LogP contribution in [0.5, 0.6) is 0 Å². The van der Waals surface area contributed by atoms with E-state index in [0.717, 1.165) is 13.2 Å². The maximum absolute atomic E-state index is 5.60. The van der Waals surface area contributed by atoms with E-state index in [-0.39, 0.29) is 0 Å². The minimum absolute atomic E-state index is 0.542. The summed E-state index contributed by atoms with van der Waals surface area (Å²) >= 11 is 0. The molecule has 2 aliphatic rings. The van der Waals surface area contributed by atoms with Crippen molar-refractivity contribution in [1.82, 2.24) is 0 Å². The van der Waals surface area contributed by atoms with Crippen molar-refractivity contribution in [2.24, 2.45) is 5.92 Å². The highest BCUT2D eigenvalue weighted by molar-refractivity contribution is 5.78. The van der Waals surface area contributed by atoms with Crippen molar-refractivity contribution in [3.63, 3.8) is 0 Å². The third-order valence-electron chi connectivity index (χ3n) is 4.32. The van der Waals surface area contributed by atoms with Gasteiger partial charge in [-0.1, -0.05) is 48.5 Å². The van der Waals surface area contributed by atoms with Crippen LogP contribution in [0, 0.1) is 5.92 Å². The Kier molecular flexibility index (Phi) is 2.27. The maximum atomic E-state index is 5.60. The molecule has 1 unspecified atom stereocenters. The SMILES string of the molecule is c1ccc2c(c1)-c1ccccc1C2C1CCOC1. The zero-order valence-electron chi connectivity index (χ0n) is 10.3. The van der Waals surface area contributed by atoms with Gasteiger partial charge in [-0.15, -0.1) is 0 Å². The number of benzene rings is 2. The first-order valence-electron chi connectivity index (χ1n) is 6.71. The molecule has 0 N–H and O–H groups in total. The van der Waals surface area contributed by atoms with E-state index in [1.54, 1.807) is 0 Å². The second kappa shape index (κ2) is 3.96. The lowest BCUT2D eigenvalue weighted by Crippen LogP contribution is -2.11. The molecular formula is C17H16O. The van der Waals surface area contributed by atoms with Crippen LogP contribution < -0.4 is 0 Å². The highest BCUT2D eigenvalue weighted by atomic mass is 16.5. The zero-order valence-corrected chi connectivity index (χ0v) is 10.3. The number of hydrogen-bond acceptors (Lipinski definition) is 1. The first-order chi connectivity index (χ1) is 8.95. The minimum Gasteiger partial charge on any atom is -0.381 e. The Bertz CT molecular complexity index is 536. The molecule has 1 aliphatic heterocycles. The van der Waals surface area contributed by atoms with Gasteiger partial charge in [-0.3, -0.25) is 0 Å². The lowest BCUT2D eigenvalue weighted by atomic mass is 9.84. The molecule has 0 amide bonds. The van der Waals surface area contributed by atoms with Crippen LogP contribution in [-0.2, 0) is 4.74 Å². The highest BCUT2D eigenvalue weighted by Gasteiger charge is 2.35. The Balaban J connectivity index is 1.92. The molecule has 1 aliphatic carbocycles. The van der Waals surface area contributed by atoms with Gasteiger partial charge < -0.3 is 4.74 Å². The predicted molar refractivity (Wildman–Crippen MR) is 72.6 cm³/mol. The van der Waals surface area contributed by atoms with E-state index < -0.39 is 0 Å². The van der Waals surface area contributed by atoms with E-state index in [1.807, 2.05) is 0 Å². The summed E-state index contributed by atoms with van der Waals surface area (Å²) in [4.78, 5) is 0. The normalized spacial score (nSPS) is 21.9. The molecule has 2 aromatic rings. The van der Waals surface area contributed by atoms with Gasteiger partial charge in [-0.05, 0) is 34.6 Å². The number of fused-ring (bicyclic) bond motifs is 3. The van der Waals surface area contributed by atoms with Gasteiger partial charge in [0.25, 0.3) is 0 Å². The van der Waals surface area contributed by atoms with E-state index in [1.165, 1.54) is 28.7 Å². The molecule has 0 saturated carbocycles. The van der Waals surface area contributed by atoms with Crippen LogP contribution in [0.1, 0.15) is 23.5 Å². The number of ether oxygens (including phenoxy) is 1. The monoisotopic (exact) mass is 236 g/mol. The summed E-state index contributed by atoms with van der Waals surface area (Å²) in [5.74, 6) is 1.19. The molecule has 1 atom stereocenters. The average molecular weight is 236 g/mol. The van der Waals surface area contributed by atoms with Crippen LogP contribution in [0.2, 0.25) is 0 Å². The van der Waals surface area contributed by atoms with Gasteiger partial charge in [0.2, 0.25) is 0 Å². The van der Waals surface area contributed by atoms with Crippen molar-refractivity contribution in [2.45, 2.75) is 12.3 Å². The molecule has 90 valence electrons. The molecule has 1 nitrogen and oxygen atoms in total. The van der Waals surface area contributed by atoms with Crippen LogP contribution in [-0.4, -0.2) is 13.2 Å². The largest absolute Gasteiger partial charge is 0.381 e. The van der Waals surface area contributed by atoms with Crippen molar-refractivity contribution in [2.75, 3.05) is 13.2 Å². The maximum Gasteiger partial charge on any atom is 0.0504 e. The quantitative estimate of drug-likeness (QED) is 0.731. The second-order valence-corrected chi connectivity index (χ2v) is 5.28. The van der Waals surface area contributed by atoms with Gasteiger partial charge in [0.1, 0.15) is 0 Å². The van der Waals surface area contributed by atoms with Crippen LogP contribution in [0.15, 0.2) is 48.5 Å². The van der Waals surface area contributed by atoms with Gasteiger partial charge in [-0.25, -0.2) is 0 Å². The fraction of sp³-hybridized carbons (Fsp3) is 0.294. The summed E-state index contributed by atoms with van der Waals surface area (Å²) in [6.07, 6.45) is 1.19. The van der Waals surface area contributed by atoms with Gasteiger partial charge in [0, 0.05) is 12.5 Å². The lowest BCUT2D eigenvalue weighted by molar-refractivity contribution is 0.183. The first kappa shape index (κ1) is 10.3. The summed E-state index contributed by atoms with van der Waals surface area (Å²) in [6.45, 7) is 1.83. The van der Waals surface area contributed by atoms with E-state index in [4.69, 9.17) is 4.74 Å². The molecule has 2 aromatic carbocycles. The van der Waals surface area contributed by atoms with Crippen molar-refractivity contribution < 1.29 is 4.74 Å². The average Bonchev–Trinajstić information content (AvgIpc) is 3.03. The standard InChI is InChI=1S/C17H16O/c1-3-7-15-13(5-1)14-6-2-4-8-16(14)17(15)12-9-10-18-11-12/h1-8,12,17H,9-11H2. The van der Waals surface area contributed by atoms with Crippen molar-refractivity contribution in [1.29, 1.82) is 0 Å². The summed E-state index contributed by atoms with van der Waals surface area (Å²) in [6, 6.07) is 17.7. The number of rotatable bonds is 1. The molecular weight excluding hydrogens is 220 g/mol. The van der Waals surface area contributed by atoms with Gasteiger partial charge in [-0.2, -0.15) is 0 Å². The Morgan fingerprint density at radius 1 is 0.833 bits per heavy atom. The van der Waals surface area contributed by atoms with Crippen LogP contribution >= 0.6 is 0 Å². The summed E-state index contributed by atoms with van der Waals surface area (Å²) in [5, 5.41) is 0. The molecule has 0 spiro atoms. The Morgan fingerprint density at radius 2 is 1.44 bits per heavy atom. The van der Waals surface area contributed by atoms with Crippen molar-refractivity contribution >= 4 is 0 Å². The molecule has 18 heavy (non-hydrogen) atoms. The summed E-state index contributed by atoms with van der Waals surface area (Å²) < 4.78 is 5.60. The molecule has 1 fully saturated rings. The molecule has 1 heteroatoms. The van der Waals surface area contributed by atoms with E-state index >= 15 is 0 Å².